The van der Waals surface area contributed by atoms with Crippen LogP contribution >= 0.6 is 0 Å². The molecule has 0 heterocycles. The molecule has 0 aliphatic rings. The van der Waals surface area contributed by atoms with Gasteiger partial charge in [-0.1, -0.05) is 24.3 Å². The Bertz CT molecular complexity index is 615. The fourth-order valence-corrected chi connectivity index (χ4v) is 1.92. The maximum Gasteiger partial charge on any atom is 0.417 e. The van der Waals surface area contributed by atoms with E-state index in [2.05, 4.69) is 0 Å². The zero-order valence-corrected chi connectivity index (χ0v) is 9.89. The van der Waals surface area contributed by atoms with Gasteiger partial charge in [-0.25, -0.2) is 13.2 Å². The van der Waals surface area contributed by atoms with Gasteiger partial charge in [0.15, 0.2) is 0 Å². The van der Waals surface area contributed by atoms with Gasteiger partial charge in [-0.05, 0) is 29.3 Å². The summed E-state index contributed by atoms with van der Waals surface area (Å²) >= 11 is 0. The lowest BCUT2D eigenvalue weighted by Gasteiger charge is -2.15. The highest BCUT2D eigenvalue weighted by Crippen LogP contribution is 2.40. The van der Waals surface area contributed by atoms with Crippen LogP contribution in [0.25, 0.3) is 11.1 Å². The summed E-state index contributed by atoms with van der Waals surface area (Å²) in [5.41, 5.74) is -2.51. The molecule has 0 spiro atoms. The van der Waals surface area contributed by atoms with Gasteiger partial charge in [-0.2, -0.15) is 13.2 Å². The van der Waals surface area contributed by atoms with E-state index in [0.717, 1.165) is 30.3 Å². The average molecular weight is 290 g/mol. The van der Waals surface area contributed by atoms with E-state index in [9.17, 15) is 26.3 Å². The molecule has 20 heavy (non-hydrogen) atoms. The molecule has 0 saturated heterocycles. The van der Waals surface area contributed by atoms with Crippen LogP contribution in [0.2, 0.25) is 0 Å². The zero-order valence-electron chi connectivity index (χ0n) is 9.89. The molecule has 2 aromatic rings. The lowest BCUT2D eigenvalue weighted by molar-refractivity contribution is -0.137. The van der Waals surface area contributed by atoms with Gasteiger partial charge < -0.3 is 0 Å². The number of halogens is 6. The quantitative estimate of drug-likeness (QED) is 0.645. The molecule has 106 valence electrons. The Balaban J connectivity index is 2.70. The van der Waals surface area contributed by atoms with Crippen molar-refractivity contribution < 1.29 is 26.3 Å². The second-order valence-electron chi connectivity index (χ2n) is 4.08. The first-order valence-electron chi connectivity index (χ1n) is 5.55. The van der Waals surface area contributed by atoms with E-state index in [4.69, 9.17) is 0 Å². The third kappa shape index (κ3) is 2.79. The molecule has 0 fully saturated rings. The zero-order chi connectivity index (χ0) is 14.9. The number of hydrogen-bond donors (Lipinski definition) is 0. The van der Waals surface area contributed by atoms with Crippen LogP contribution in [0.15, 0.2) is 42.5 Å². The highest BCUT2D eigenvalue weighted by atomic mass is 19.4. The molecular formula is C14H8F6. The van der Waals surface area contributed by atoms with Crippen molar-refractivity contribution in [1.29, 1.82) is 0 Å². The van der Waals surface area contributed by atoms with Gasteiger partial charge in [0, 0.05) is 5.56 Å². The first kappa shape index (κ1) is 14.4. The van der Waals surface area contributed by atoms with Crippen LogP contribution in [0, 0.1) is 5.82 Å². The summed E-state index contributed by atoms with van der Waals surface area (Å²) in [6.07, 6.45) is -7.74. The Morgan fingerprint density at radius 2 is 1.50 bits per heavy atom. The number of benzene rings is 2. The molecule has 0 amide bonds. The van der Waals surface area contributed by atoms with Crippen LogP contribution in [-0.2, 0) is 6.18 Å². The first-order chi connectivity index (χ1) is 9.30. The summed E-state index contributed by atoms with van der Waals surface area (Å²) in [5.74, 6) is -0.923. The van der Waals surface area contributed by atoms with E-state index in [1.54, 1.807) is 0 Å². The molecule has 0 aliphatic carbocycles. The van der Waals surface area contributed by atoms with E-state index in [1.165, 1.54) is 6.07 Å². The summed E-state index contributed by atoms with van der Waals surface area (Å²) in [7, 11) is 0. The van der Waals surface area contributed by atoms with Crippen molar-refractivity contribution in [2.24, 2.45) is 0 Å². The van der Waals surface area contributed by atoms with Crippen molar-refractivity contribution in [2.45, 2.75) is 12.6 Å². The van der Waals surface area contributed by atoms with Gasteiger partial charge in [-0.3, -0.25) is 0 Å². The largest absolute Gasteiger partial charge is 0.417 e. The number of hydrogen-bond acceptors (Lipinski definition) is 0. The first-order valence-corrected chi connectivity index (χ1v) is 5.55. The van der Waals surface area contributed by atoms with Crippen molar-refractivity contribution in [3.63, 3.8) is 0 Å². The smallest absolute Gasteiger partial charge is 0.207 e. The van der Waals surface area contributed by atoms with Gasteiger partial charge >= 0.3 is 6.18 Å². The van der Waals surface area contributed by atoms with E-state index in [1.807, 2.05) is 0 Å². The Morgan fingerprint density at radius 3 is 2.10 bits per heavy atom. The van der Waals surface area contributed by atoms with Crippen LogP contribution in [0.5, 0.6) is 0 Å². The molecule has 2 aromatic carbocycles. The van der Waals surface area contributed by atoms with Gasteiger partial charge in [-0.15, -0.1) is 0 Å². The van der Waals surface area contributed by atoms with Crippen LogP contribution in [0.3, 0.4) is 0 Å². The third-order valence-electron chi connectivity index (χ3n) is 2.77. The molecule has 0 N–H and O–H groups in total. The molecule has 0 aliphatic heterocycles. The highest BCUT2D eigenvalue weighted by Gasteiger charge is 2.34. The van der Waals surface area contributed by atoms with Crippen molar-refractivity contribution in [2.75, 3.05) is 0 Å². The van der Waals surface area contributed by atoms with E-state index >= 15 is 0 Å². The Kier molecular flexibility index (Phi) is 3.74. The summed E-state index contributed by atoms with van der Waals surface area (Å²) in [5, 5.41) is 0. The summed E-state index contributed by atoms with van der Waals surface area (Å²) in [6, 6.07) is 6.69. The Morgan fingerprint density at radius 1 is 0.850 bits per heavy atom. The molecule has 6 heteroatoms. The van der Waals surface area contributed by atoms with Crippen LogP contribution < -0.4 is 0 Å². The molecule has 0 saturated carbocycles. The fourth-order valence-electron chi connectivity index (χ4n) is 1.92. The average Bonchev–Trinajstić information content (AvgIpc) is 2.37. The summed E-state index contributed by atoms with van der Waals surface area (Å²) in [4.78, 5) is 0. The van der Waals surface area contributed by atoms with E-state index in [-0.39, 0.29) is 5.56 Å². The molecule has 0 bridgehead atoms. The molecule has 0 unspecified atom stereocenters. The van der Waals surface area contributed by atoms with Gasteiger partial charge in [0.05, 0.1) is 5.56 Å². The van der Waals surface area contributed by atoms with Gasteiger partial charge in [0.25, 0.3) is 6.43 Å². The molecule has 0 aromatic heterocycles. The molecule has 0 radical (unpaired) electrons. The minimum absolute atomic E-state index is 0.325. The van der Waals surface area contributed by atoms with Crippen molar-refractivity contribution in [3.8, 4) is 11.1 Å². The van der Waals surface area contributed by atoms with Crippen molar-refractivity contribution in [3.05, 3.63) is 59.4 Å². The molecular weight excluding hydrogens is 282 g/mol. The van der Waals surface area contributed by atoms with Crippen LogP contribution in [0.4, 0.5) is 26.3 Å². The monoisotopic (exact) mass is 290 g/mol. The fraction of sp³-hybridized carbons (Fsp3) is 0.143. The Hall–Kier alpha value is -1.98. The maximum absolute atomic E-state index is 13.0. The second kappa shape index (κ2) is 5.19. The van der Waals surface area contributed by atoms with Crippen LogP contribution in [-0.4, -0.2) is 0 Å². The molecule has 2 rings (SSSR count). The van der Waals surface area contributed by atoms with Crippen molar-refractivity contribution in [1.82, 2.24) is 0 Å². The van der Waals surface area contributed by atoms with Crippen LogP contribution in [0.1, 0.15) is 17.6 Å². The second-order valence-corrected chi connectivity index (χ2v) is 4.08. The predicted molar refractivity (Wildman–Crippen MR) is 61.8 cm³/mol. The number of alkyl halides is 5. The topological polar surface area (TPSA) is 0 Å². The van der Waals surface area contributed by atoms with Gasteiger partial charge in [0.2, 0.25) is 0 Å². The molecule has 0 atom stereocenters. The van der Waals surface area contributed by atoms with E-state index in [0.29, 0.717) is 6.07 Å². The summed E-state index contributed by atoms with van der Waals surface area (Å²) in [6.45, 7) is 0. The lowest BCUT2D eigenvalue weighted by atomic mass is 9.95. The predicted octanol–water partition coefficient (Wildman–Crippen LogP) is 5.45. The maximum atomic E-state index is 13.0. The highest BCUT2D eigenvalue weighted by molar-refractivity contribution is 5.71. The standard InChI is InChI=1S/C14H8F6/c15-8-5-6-9(11(7-8)13(16)17)10-3-1-2-4-12(10)14(18,19)20/h1-7,13H. The lowest BCUT2D eigenvalue weighted by Crippen LogP contribution is -2.07. The van der Waals surface area contributed by atoms with Gasteiger partial charge in [0.1, 0.15) is 5.82 Å². The van der Waals surface area contributed by atoms with Crippen molar-refractivity contribution >= 4 is 0 Å². The third-order valence-corrected chi connectivity index (χ3v) is 2.77. The molecule has 0 nitrogen and oxygen atoms in total. The minimum Gasteiger partial charge on any atom is -0.207 e. The van der Waals surface area contributed by atoms with E-state index < -0.39 is 35.1 Å². The summed E-state index contributed by atoms with van der Waals surface area (Å²) < 4.78 is 77.4. The SMILES string of the molecule is Fc1ccc(-c2ccccc2C(F)(F)F)c(C(F)F)c1. The number of rotatable bonds is 2. The Labute approximate surface area is 110 Å². The normalized spacial score (nSPS) is 11.9. The minimum atomic E-state index is -4.68.